The number of nitrogens with zero attached hydrogens (tertiary/aromatic N) is 2. The van der Waals surface area contributed by atoms with Crippen LogP contribution in [0.5, 0.6) is 5.75 Å². The quantitative estimate of drug-likeness (QED) is 0.769. The Morgan fingerprint density at radius 1 is 1.25 bits per heavy atom. The molecule has 0 radical (unpaired) electrons. The maximum Gasteiger partial charge on any atom is 0.260 e. The molecular formula is C25H38N2O5. The summed E-state index contributed by atoms with van der Waals surface area (Å²) in [6.45, 7) is 10.9. The Labute approximate surface area is 191 Å². The van der Waals surface area contributed by atoms with E-state index in [-0.39, 0.29) is 36.5 Å². The maximum absolute atomic E-state index is 12.8. The molecule has 1 aromatic rings. The topological polar surface area (TPSA) is 79.3 Å². The van der Waals surface area contributed by atoms with Gasteiger partial charge in [0.1, 0.15) is 11.4 Å². The third-order valence-corrected chi connectivity index (χ3v) is 6.99. The van der Waals surface area contributed by atoms with E-state index in [2.05, 4.69) is 20.8 Å². The minimum Gasteiger partial charge on any atom is -0.483 e. The zero-order valence-corrected chi connectivity index (χ0v) is 20.3. The summed E-state index contributed by atoms with van der Waals surface area (Å²) < 4.78 is 12.1. The van der Waals surface area contributed by atoms with Crippen molar-refractivity contribution >= 4 is 11.8 Å². The predicted octanol–water partition coefficient (Wildman–Crippen LogP) is 2.74. The highest BCUT2D eigenvalue weighted by Gasteiger charge is 2.50. The number of rotatable bonds is 4. The van der Waals surface area contributed by atoms with Gasteiger partial charge in [-0.3, -0.25) is 9.59 Å². The first-order chi connectivity index (χ1) is 14.8. The van der Waals surface area contributed by atoms with E-state index in [9.17, 15) is 14.7 Å². The summed E-state index contributed by atoms with van der Waals surface area (Å²) in [5, 5.41) is 10.8. The minimum absolute atomic E-state index is 0.00532. The molecule has 2 aliphatic heterocycles. The third kappa shape index (κ3) is 5.26. The number of para-hydroxylation sites is 1. The van der Waals surface area contributed by atoms with Crippen molar-refractivity contribution in [3.63, 3.8) is 0 Å². The molecule has 0 saturated carbocycles. The van der Waals surface area contributed by atoms with Gasteiger partial charge in [0.15, 0.2) is 6.61 Å². The molecule has 0 bridgehead atoms. The summed E-state index contributed by atoms with van der Waals surface area (Å²) in [7, 11) is 1.73. The van der Waals surface area contributed by atoms with Gasteiger partial charge in [0, 0.05) is 27.1 Å². The van der Waals surface area contributed by atoms with Crippen LogP contribution in [0.4, 0.5) is 0 Å². The highest BCUT2D eigenvalue weighted by molar-refractivity contribution is 5.78. The van der Waals surface area contributed by atoms with Crippen LogP contribution in [0, 0.1) is 0 Å². The first-order valence-electron chi connectivity index (χ1n) is 11.4. The summed E-state index contributed by atoms with van der Waals surface area (Å²) in [6, 6.07) is 7.54. The summed E-state index contributed by atoms with van der Waals surface area (Å²) in [4.78, 5) is 28.2. The van der Waals surface area contributed by atoms with Gasteiger partial charge in [-0.2, -0.15) is 0 Å². The summed E-state index contributed by atoms with van der Waals surface area (Å²) in [5.74, 6) is 0.631. The molecule has 178 valence electrons. The molecule has 1 N–H and O–H groups in total. The molecule has 2 aliphatic rings. The molecule has 3 rings (SSSR count). The Morgan fingerprint density at radius 3 is 2.47 bits per heavy atom. The molecule has 0 aromatic heterocycles. The molecule has 0 aliphatic carbocycles. The molecular weight excluding hydrogens is 408 g/mol. The van der Waals surface area contributed by atoms with E-state index in [1.54, 1.807) is 18.9 Å². The number of carbonyl (C=O) groups is 2. The van der Waals surface area contributed by atoms with Gasteiger partial charge in [-0.05, 0) is 43.2 Å². The number of piperidine rings is 1. The molecule has 1 aromatic carbocycles. The van der Waals surface area contributed by atoms with E-state index in [0.717, 1.165) is 11.3 Å². The van der Waals surface area contributed by atoms with Gasteiger partial charge < -0.3 is 24.4 Å². The van der Waals surface area contributed by atoms with Crippen LogP contribution in [0.2, 0.25) is 0 Å². The Morgan fingerprint density at radius 2 is 1.88 bits per heavy atom. The van der Waals surface area contributed by atoms with Gasteiger partial charge in [0.2, 0.25) is 5.91 Å². The molecule has 32 heavy (non-hydrogen) atoms. The van der Waals surface area contributed by atoms with Crippen molar-refractivity contribution in [1.82, 2.24) is 9.80 Å². The third-order valence-electron chi connectivity index (χ3n) is 6.99. The molecule has 2 fully saturated rings. The number of hydrogen-bond donors (Lipinski definition) is 1. The monoisotopic (exact) mass is 446 g/mol. The number of likely N-dealkylation sites (tertiary alicyclic amines) is 1. The maximum atomic E-state index is 12.8. The molecule has 2 amide bonds. The normalized spacial score (nSPS) is 25.5. The van der Waals surface area contributed by atoms with Gasteiger partial charge in [-0.15, -0.1) is 0 Å². The highest BCUT2D eigenvalue weighted by atomic mass is 16.5. The second kappa shape index (κ2) is 9.02. The van der Waals surface area contributed by atoms with Crippen molar-refractivity contribution < 1.29 is 24.2 Å². The highest BCUT2D eigenvalue weighted by Crippen LogP contribution is 2.40. The zero-order valence-electron chi connectivity index (χ0n) is 20.3. The first-order valence-corrected chi connectivity index (χ1v) is 11.4. The number of hydrogen-bond acceptors (Lipinski definition) is 5. The van der Waals surface area contributed by atoms with Crippen molar-refractivity contribution in [2.45, 2.75) is 76.5 Å². The number of carbonyl (C=O) groups excluding carboxylic acids is 2. The first kappa shape index (κ1) is 24.5. The fourth-order valence-corrected chi connectivity index (χ4v) is 4.76. The summed E-state index contributed by atoms with van der Waals surface area (Å²) in [6.07, 6.45) is 1.92. The van der Waals surface area contributed by atoms with Gasteiger partial charge >= 0.3 is 0 Å². The van der Waals surface area contributed by atoms with Crippen LogP contribution in [0.25, 0.3) is 0 Å². The van der Waals surface area contributed by atoms with Crippen molar-refractivity contribution in [3.8, 4) is 5.75 Å². The Bertz CT molecular complexity index is 837. The van der Waals surface area contributed by atoms with Gasteiger partial charge in [0.25, 0.3) is 5.91 Å². The van der Waals surface area contributed by atoms with Crippen LogP contribution in [0.3, 0.4) is 0 Å². The Kier molecular flexibility index (Phi) is 6.91. The largest absolute Gasteiger partial charge is 0.483 e. The van der Waals surface area contributed by atoms with E-state index in [1.807, 2.05) is 29.2 Å². The average molecular weight is 447 g/mol. The van der Waals surface area contributed by atoms with E-state index in [0.29, 0.717) is 32.4 Å². The summed E-state index contributed by atoms with van der Waals surface area (Å²) >= 11 is 0. The van der Waals surface area contributed by atoms with Crippen molar-refractivity contribution in [1.29, 1.82) is 0 Å². The zero-order chi connectivity index (χ0) is 23.7. The predicted molar refractivity (Wildman–Crippen MR) is 123 cm³/mol. The number of benzene rings is 1. The van der Waals surface area contributed by atoms with E-state index in [4.69, 9.17) is 9.47 Å². The van der Waals surface area contributed by atoms with Gasteiger partial charge in [-0.1, -0.05) is 39.0 Å². The van der Waals surface area contributed by atoms with Crippen LogP contribution >= 0.6 is 0 Å². The SMILES string of the molecule is CC(=O)N(C)[C@H]1CC2(CCN(C(=O)COc3ccccc3C(C)(C)C)CC2)OC[C@]1(C)O. The number of aliphatic hydroxyl groups is 1. The molecule has 2 saturated heterocycles. The fourth-order valence-electron chi connectivity index (χ4n) is 4.76. The number of ether oxygens (including phenoxy) is 2. The Hall–Kier alpha value is -2.12. The summed E-state index contributed by atoms with van der Waals surface area (Å²) in [5.41, 5.74) is -0.506. The molecule has 7 heteroatoms. The lowest BCUT2D eigenvalue weighted by Crippen LogP contribution is -2.64. The smallest absolute Gasteiger partial charge is 0.260 e. The average Bonchev–Trinajstić information content (AvgIpc) is 2.73. The molecule has 1 spiro atoms. The van der Waals surface area contributed by atoms with Crippen LogP contribution < -0.4 is 4.74 Å². The standard InChI is InChI=1S/C25H38N2O5/c1-18(28)26(6)21-15-25(32-17-24(21,5)30)11-13-27(14-12-25)22(29)16-31-20-10-8-7-9-19(20)23(2,3)4/h7-10,21,30H,11-17H2,1-6H3/t21-,24-/m0/s1. The van der Waals surface area contributed by atoms with Crippen molar-refractivity contribution in [2.24, 2.45) is 0 Å². The molecule has 7 nitrogen and oxygen atoms in total. The van der Waals surface area contributed by atoms with Crippen molar-refractivity contribution in [3.05, 3.63) is 29.8 Å². The Balaban J connectivity index is 1.59. The van der Waals surface area contributed by atoms with Crippen LogP contribution in [0.1, 0.15) is 59.4 Å². The van der Waals surface area contributed by atoms with Gasteiger partial charge in [-0.25, -0.2) is 0 Å². The van der Waals surface area contributed by atoms with E-state index in [1.165, 1.54) is 6.92 Å². The van der Waals surface area contributed by atoms with Crippen LogP contribution in [-0.4, -0.2) is 77.3 Å². The number of likely N-dealkylation sites (N-methyl/N-ethyl adjacent to an activating group) is 1. The van der Waals surface area contributed by atoms with E-state index >= 15 is 0 Å². The lowest BCUT2D eigenvalue weighted by molar-refractivity contribution is -0.209. The van der Waals surface area contributed by atoms with Crippen LogP contribution in [-0.2, 0) is 19.7 Å². The van der Waals surface area contributed by atoms with Crippen molar-refractivity contribution in [2.75, 3.05) is 33.4 Å². The molecule has 0 unspecified atom stereocenters. The molecule has 2 atom stereocenters. The second-order valence-electron chi connectivity index (χ2n) is 10.6. The molecule has 2 heterocycles. The minimum atomic E-state index is -1.09. The van der Waals surface area contributed by atoms with E-state index < -0.39 is 11.2 Å². The second-order valence-corrected chi connectivity index (χ2v) is 10.6. The lowest BCUT2D eigenvalue weighted by Gasteiger charge is -2.52. The number of amides is 2. The fraction of sp³-hybridized carbons (Fsp3) is 0.680. The van der Waals surface area contributed by atoms with Crippen LogP contribution in [0.15, 0.2) is 24.3 Å². The lowest BCUT2D eigenvalue weighted by atomic mass is 9.77. The van der Waals surface area contributed by atoms with Gasteiger partial charge in [0.05, 0.1) is 18.2 Å².